The average Bonchev–Trinajstić information content (AvgIpc) is 2.17. The molecule has 0 atom stereocenters. The fourth-order valence-electron chi connectivity index (χ4n) is 1.48. The van der Waals surface area contributed by atoms with Gasteiger partial charge in [0, 0.05) is 19.2 Å². The molecule has 2 nitrogen and oxygen atoms in total. The van der Waals surface area contributed by atoms with Crippen LogP contribution in [0.5, 0.6) is 0 Å². The van der Waals surface area contributed by atoms with Crippen LogP contribution in [-0.2, 0) is 0 Å². The topological polar surface area (TPSA) is 20.3 Å². The van der Waals surface area contributed by atoms with E-state index in [0.29, 0.717) is 17.5 Å². The maximum Gasteiger partial charge on any atom is 0.152 e. The van der Waals surface area contributed by atoms with Gasteiger partial charge in [0.1, 0.15) is 5.82 Å². The summed E-state index contributed by atoms with van der Waals surface area (Å²) in [5.41, 5.74) is 0.797. The van der Waals surface area contributed by atoms with E-state index in [-0.39, 0.29) is 5.82 Å². The number of para-hydroxylation sites is 1. The van der Waals surface area contributed by atoms with Gasteiger partial charge in [-0.25, -0.2) is 4.39 Å². The quantitative estimate of drug-likeness (QED) is 0.688. The largest absolute Gasteiger partial charge is 0.372 e. The fourth-order valence-corrected chi connectivity index (χ4v) is 1.48. The van der Waals surface area contributed by atoms with Crippen LogP contribution in [0.3, 0.4) is 0 Å². The number of carbonyl (C=O) groups is 1. The molecular weight excluding hydrogens is 181 g/mol. The second kappa shape index (κ2) is 4.74. The van der Waals surface area contributed by atoms with Crippen LogP contribution in [0.25, 0.3) is 0 Å². The predicted octanol–water partition coefficient (Wildman–Crippen LogP) is 2.48. The Kier molecular flexibility index (Phi) is 3.63. The number of benzene rings is 1. The van der Waals surface area contributed by atoms with Gasteiger partial charge >= 0.3 is 0 Å². The lowest BCUT2D eigenvalue weighted by Gasteiger charge is -2.20. The maximum atomic E-state index is 13.4. The van der Waals surface area contributed by atoms with Gasteiger partial charge in [-0.15, -0.1) is 0 Å². The van der Waals surface area contributed by atoms with E-state index < -0.39 is 0 Å². The number of hydrogen-bond acceptors (Lipinski definition) is 2. The maximum absolute atomic E-state index is 13.4. The minimum Gasteiger partial charge on any atom is -0.372 e. The molecule has 0 aliphatic carbocycles. The van der Waals surface area contributed by atoms with Gasteiger partial charge in [0.2, 0.25) is 0 Å². The molecule has 0 fully saturated rings. The zero-order valence-electron chi connectivity index (χ0n) is 8.46. The number of nitrogens with zero attached hydrogens (tertiary/aromatic N) is 1. The second-order valence-corrected chi connectivity index (χ2v) is 3.22. The lowest BCUT2D eigenvalue weighted by atomic mass is 10.1. The van der Waals surface area contributed by atoms with Gasteiger partial charge in [-0.1, -0.05) is 13.0 Å². The van der Waals surface area contributed by atoms with Crippen molar-refractivity contribution in [2.45, 2.75) is 13.3 Å². The molecule has 0 saturated heterocycles. The van der Waals surface area contributed by atoms with Gasteiger partial charge in [-0.2, -0.15) is 0 Å². The average molecular weight is 195 g/mol. The molecule has 0 amide bonds. The van der Waals surface area contributed by atoms with Crippen molar-refractivity contribution in [1.82, 2.24) is 0 Å². The Morgan fingerprint density at radius 3 is 2.79 bits per heavy atom. The third-order valence-electron chi connectivity index (χ3n) is 2.09. The van der Waals surface area contributed by atoms with Gasteiger partial charge in [0.05, 0.1) is 5.69 Å². The second-order valence-electron chi connectivity index (χ2n) is 3.22. The van der Waals surface area contributed by atoms with E-state index in [1.807, 2.05) is 6.92 Å². The van der Waals surface area contributed by atoms with Gasteiger partial charge < -0.3 is 4.90 Å². The van der Waals surface area contributed by atoms with Crippen LogP contribution in [-0.4, -0.2) is 19.9 Å². The first kappa shape index (κ1) is 10.7. The van der Waals surface area contributed by atoms with Crippen molar-refractivity contribution in [2.24, 2.45) is 0 Å². The molecule has 0 spiro atoms. The van der Waals surface area contributed by atoms with Crippen LogP contribution in [0.15, 0.2) is 18.2 Å². The molecule has 14 heavy (non-hydrogen) atoms. The Morgan fingerprint density at radius 1 is 1.50 bits per heavy atom. The zero-order valence-corrected chi connectivity index (χ0v) is 8.46. The van der Waals surface area contributed by atoms with Crippen LogP contribution >= 0.6 is 0 Å². The molecule has 0 bridgehead atoms. The van der Waals surface area contributed by atoms with Crippen molar-refractivity contribution >= 4 is 12.0 Å². The van der Waals surface area contributed by atoms with Gasteiger partial charge in [-0.05, 0) is 18.6 Å². The minimum absolute atomic E-state index is 0.342. The van der Waals surface area contributed by atoms with Gasteiger partial charge in [0.25, 0.3) is 0 Å². The molecule has 76 valence electrons. The summed E-state index contributed by atoms with van der Waals surface area (Å²) < 4.78 is 13.4. The molecular formula is C11H14FNO. The molecule has 0 aromatic heterocycles. The van der Waals surface area contributed by atoms with Crippen molar-refractivity contribution in [2.75, 3.05) is 18.5 Å². The van der Waals surface area contributed by atoms with E-state index in [4.69, 9.17) is 0 Å². The fraction of sp³-hybridized carbons (Fsp3) is 0.364. The van der Waals surface area contributed by atoms with Crippen molar-refractivity contribution in [3.05, 3.63) is 29.6 Å². The third-order valence-corrected chi connectivity index (χ3v) is 2.09. The monoisotopic (exact) mass is 195 g/mol. The van der Waals surface area contributed by atoms with Crippen molar-refractivity contribution in [3.8, 4) is 0 Å². The van der Waals surface area contributed by atoms with Crippen LogP contribution in [0.4, 0.5) is 10.1 Å². The Balaban J connectivity index is 3.09. The molecule has 0 saturated carbocycles. The molecule has 1 rings (SSSR count). The van der Waals surface area contributed by atoms with Crippen LogP contribution in [0, 0.1) is 5.82 Å². The summed E-state index contributed by atoms with van der Waals surface area (Å²) >= 11 is 0. The number of halogens is 1. The van der Waals surface area contributed by atoms with E-state index in [9.17, 15) is 9.18 Å². The van der Waals surface area contributed by atoms with Gasteiger partial charge in [0.15, 0.2) is 6.29 Å². The lowest BCUT2D eigenvalue weighted by Crippen LogP contribution is -2.20. The number of anilines is 1. The highest BCUT2D eigenvalue weighted by Crippen LogP contribution is 2.21. The Hall–Kier alpha value is -1.38. The molecule has 1 aromatic carbocycles. The molecule has 0 aliphatic rings. The zero-order chi connectivity index (χ0) is 10.6. The molecule has 0 heterocycles. The Bertz CT molecular complexity index is 325. The smallest absolute Gasteiger partial charge is 0.152 e. The summed E-state index contributed by atoms with van der Waals surface area (Å²) in [5, 5.41) is 0. The standard InChI is InChI=1S/C11H14FNO/c1-3-7-13(2)11-9(8-14)5-4-6-10(11)12/h4-6,8H,3,7H2,1-2H3. The highest BCUT2D eigenvalue weighted by atomic mass is 19.1. The van der Waals surface area contributed by atoms with Crippen LogP contribution < -0.4 is 4.90 Å². The highest BCUT2D eigenvalue weighted by molar-refractivity contribution is 5.84. The Morgan fingerprint density at radius 2 is 2.21 bits per heavy atom. The van der Waals surface area contributed by atoms with E-state index in [0.717, 1.165) is 13.0 Å². The summed E-state index contributed by atoms with van der Waals surface area (Å²) in [7, 11) is 1.79. The molecule has 3 heteroatoms. The molecule has 0 unspecified atom stereocenters. The van der Waals surface area contributed by atoms with E-state index in [1.54, 1.807) is 24.1 Å². The summed E-state index contributed by atoms with van der Waals surface area (Å²) in [6.07, 6.45) is 1.60. The molecule has 0 radical (unpaired) electrons. The minimum atomic E-state index is -0.342. The van der Waals surface area contributed by atoms with Crippen molar-refractivity contribution in [1.29, 1.82) is 0 Å². The number of hydrogen-bond donors (Lipinski definition) is 0. The number of rotatable bonds is 4. The summed E-state index contributed by atoms with van der Waals surface area (Å²) in [6, 6.07) is 4.54. The van der Waals surface area contributed by atoms with E-state index in [2.05, 4.69) is 0 Å². The van der Waals surface area contributed by atoms with Gasteiger partial charge in [-0.3, -0.25) is 4.79 Å². The summed E-state index contributed by atoms with van der Waals surface area (Å²) in [5.74, 6) is -0.342. The first-order valence-electron chi connectivity index (χ1n) is 4.65. The predicted molar refractivity (Wildman–Crippen MR) is 55.3 cm³/mol. The van der Waals surface area contributed by atoms with Crippen molar-refractivity contribution in [3.63, 3.8) is 0 Å². The molecule has 0 N–H and O–H groups in total. The highest BCUT2D eigenvalue weighted by Gasteiger charge is 2.11. The molecule has 0 aliphatic heterocycles. The first-order valence-corrected chi connectivity index (χ1v) is 4.65. The van der Waals surface area contributed by atoms with E-state index in [1.165, 1.54) is 6.07 Å². The molecule has 1 aromatic rings. The van der Waals surface area contributed by atoms with Crippen LogP contribution in [0.1, 0.15) is 23.7 Å². The van der Waals surface area contributed by atoms with Crippen molar-refractivity contribution < 1.29 is 9.18 Å². The Labute approximate surface area is 83.3 Å². The number of carbonyl (C=O) groups excluding carboxylic acids is 1. The summed E-state index contributed by atoms with van der Waals surface area (Å²) in [6.45, 7) is 2.75. The third kappa shape index (κ3) is 2.10. The SMILES string of the molecule is CCCN(C)c1c(F)cccc1C=O. The lowest BCUT2D eigenvalue weighted by molar-refractivity contribution is 0.112. The van der Waals surface area contributed by atoms with Crippen LogP contribution in [0.2, 0.25) is 0 Å². The first-order chi connectivity index (χ1) is 6.70. The normalized spacial score (nSPS) is 9.93. The van der Waals surface area contributed by atoms with E-state index >= 15 is 0 Å². The number of aldehydes is 1. The summed E-state index contributed by atoms with van der Waals surface area (Å²) in [4.78, 5) is 12.5.